The summed E-state index contributed by atoms with van der Waals surface area (Å²) in [6, 6.07) is 1.62. The van der Waals surface area contributed by atoms with Gasteiger partial charge in [0.2, 0.25) is 0 Å². The van der Waals surface area contributed by atoms with Gasteiger partial charge in [0.1, 0.15) is 0 Å². The van der Waals surface area contributed by atoms with Crippen molar-refractivity contribution in [1.29, 1.82) is 0 Å². The topological polar surface area (TPSA) is 12.0 Å². The molecule has 0 aromatic carbocycles. The highest BCUT2D eigenvalue weighted by Crippen LogP contribution is 2.42. The van der Waals surface area contributed by atoms with Crippen molar-refractivity contribution in [2.24, 2.45) is 23.7 Å². The van der Waals surface area contributed by atoms with Crippen LogP contribution in [0.2, 0.25) is 0 Å². The Bertz CT molecular complexity index is 439. The van der Waals surface area contributed by atoms with E-state index in [1.54, 1.807) is 0 Å². The fourth-order valence-electron chi connectivity index (χ4n) is 6.61. The van der Waals surface area contributed by atoms with E-state index in [0.717, 1.165) is 35.8 Å². The summed E-state index contributed by atoms with van der Waals surface area (Å²) in [5, 5.41) is 4.17. The van der Waals surface area contributed by atoms with Crippen LogP contribution in [0.4, 0.5) is 0 Å². The van der Waals surface area contributed by atoms with E-state index >= 15 is 0 Å². The molecule has 142 valence electrons. The third-order valence-corrected chi connectivity index (χ3v) is 8.26. The lowest BCUT2D eigenvalue weighted by molar-refractivity contribution is 0.169. The number of hydrogen-bond donors (Lipinski definition) is 1. The van der Waals surface area contributed by atoms with Crippen LogP contribution in [0, 0.1) is 23.7 Å². The van der Waals surface area contributed by atoms with Gasteiger partial charge in [0.15, 0.2) is 0 Å². The Morgan fingerprint density at radius 3 is 2.28 bits per heavy atom. The first kappa shape index (κ1) is 18.1. The van der Waals surface area contributed by atoms with Gasteiger partial charge < -0.3 is 5.32 Å². The Kier molecular flexibility index (Phi) is 6.21. The lowest BCUT2D eigenvalue weighted by Gasteiger charge is -2.46. The molecule has 3 atom stereocenters. The maximum absolute atomic E-state index is 4.17. The lowest BCUT2D eigenvalue weighted by Crippen LogP contribution is -2.53. The van der Waals surface area contributed by atoms with E-state index in [1.807, 2.05) is 5.57 Å². The molecule has 3 saturated carbocycles. The fraction of sp³-hybridized carbons (Fsp3) is 0.917. The first-order chi connectivity index (χ1) is 12.3. The van der Waals surface area contributed by atoms with Crippen LogP contribution in [0.15, 0.2) is 11.6 Å². The molecule has 0 radical (unpaired) electrons. The maximum Gasteiger partial charge on any atom is 0.0135 e. The van der Waals surface area contributed by atoms with Crippen molar-refractivity contribution in [3.63, 3.8) is 0 Å². The average molecular weight is 344 g/mol. The van der Waals surface area contributed by atoms with Crippen LogP contribution in [-0.2, 0) is 0 Å². The first-order valence-electron chi connectivity index (χ1n) is 11.8. The van der Waals surface area contributed by atoms with E-state index in [1.165, 1.54) is 96.3 Å². The van der Waals surface area contributed by atoms with Crippen LogP contribution in [0.25, 0.3) is 0 Å². The second-order valence-electron chi connectivity index (χ2n) is 9.80. The highest BCUT2D eigenvalue weighted by molar-refractivity contribution is 5.19. The van der Waals surface area contributed by atoms with Crippen LogP contribution in [-0.4, -0.2) is 12.1 Å². The van der Waals surface area contributed by atoms with Crippen molar-refractivity contribution in [3.8, 4) is 0 Å². The minimum atomic E-state index is 0.804. The molecule has 0 amide bonds. The number of hydrogen-bond acceptors (Lipinski definition) is 1. The Labute approximate surface area is 156 Å². The van der Waals surface area contributed by atoms with Gasteiger partial charge in [-0.3, -0.25) is 0 Å². The van der Waals surface area contributed by atoms with Crippen LogP contribution in [0.5, 0.6) is 0 Å². The smallest absolute Gasteiger partial charge is 0.0135 e. The molecule has 25 heavy (non-hydrogen) atoms. The van der Waals surface area contributed by atoms with Gasteiger partial charge in [-0.05, 0) is 81.5 Å². The summed E-state index contributed by atoms with van der Waals surface area (Å²) in [6.07, 6.45) is 24.8. The number of allylic oxidation sites excluding steroid dienone is 1. The van der Waals surface area contributed by atoms with Gasteiger partial charge in [-0.1, -0.05) is 57.1 Å². The summed E-state index contributed by atoms with van der Waals surface area (Å²) < 4.78 is 0. The molecule has 0 aromatic rings. The first-order valence-corrected chi connectivity index (χ1v) is 11.8. The molecule has 0 spiro atoms. The van der Waals surface area contributed by atoms with Crippen molar-refractivity contribution in [1.82, 2.24) is 5.32 Å². The number of rotatable bonds is 3. The molecule has 1 saturated heterocycles. The summed E-state index contributed by atoms with van der Waals surface area (Å²) in [5.74, 6) is 3.79. The molecule has 0 bridgehead atoms. The second kappa shape index (κ2) is 8.59. The molecule has 4 fully saturated rings. The third kappa shape index (κ3) is 4.34. The Morgan fingerprint density at radius 2 is 1.52 bits per heavy atom. The summed E-state index contributed by atoms with van der Waals surface area (Å²) >= 11 is 0. The van der Waals surface area contributed by atoms with Gasteiger partial charge in [0.25, 0.3) is 0 Å². The zero-order valence-corrected chi connectivity index (χ0v) is 16.6. The predicted octanol–water partition coefficient (Wildman–Crippen LogP) is 6.63. The lowest BCUT2D eigenvalue weighted by atomic mass is 9.69. The molecular weight excluding hydrogens is 302 g/mol. The molecule has 3 unspecified atom stereocenters. The second-order valence-corrected chi connectivity index (χ2v) is 9.80. The van der Waals surface area contributed by atoms with Gasteiger partial charge >= 0.3 is 0 Å². The van der Waals surface area contributed by atoms with Gasteiger partial charge in [-0.25, -0.2) is 0 Å². The highest BCUT2D eigenvalue weighted by Gasteiger charge is 2.38. The zero-order valence-electron chi connectivity index (χ0n) is 16.6. The van der Waals surface area contributed by atoms with Crippen molar-refractivity contribution in [2.75, 3.05) is 0 Å². The Hall–Kier alpha value is -0.300. The Morgan fingerprint density at radius 1 is 0.800 bits per heavy atom. The van der Waals surface area contributed by atoms with Crippen molar-refractivity contribution >= 4 is 0 Å². The SMILES string of the molecule is CCC1CCC(/C=C2/CC(C3CCCCC3)NC3CCCCC23)CC1. The largest absolute Gasteiger partial charge is 0.310 e. The third-order valence-electron chi connectivity index (χ3n) is 8.26. The van der Waals surface area contributed by atoms with E-state index in [-0.39, 0.29) is 0 Å². The van der Waals surface area contributed by atoms with Gasteiger partial charge in [0, 0.05) is 12.1 Å². The van der Waals surface area contributed by atoms with E-state index < -0.39 is 0 Å². The van der Waals surface area contributed by atoms with Crippen LogP contribution < -0.4 is 5.32 Å². The summed E-state index contributed by atoms with van der Waals surface area (Å²) in [7, 11) is 0. The summed E-state index contributed by atoms with van der Waals surface area (Å²) in [6.45, 7) is 2.39. The Balaban J connectivity index is 1.46. The average Bonchev–Trinajstić information content (AvgIpc) is 2.69. The van der Waals surface area contributed by atoms with E-state index in [9.17, 15) is 0 Å². The quantitative estimate of drug-likeness (QED) is 0.567. The molecule has 1 nitrogen and oxygen atoms in total. The maximum atomic E-state index is 4.17. The molecule has 4 aliphatic rings. The number of nitrogens with one attached hydrogen (secondary N) is 1. The molecule has 1 heterocycles. The van der Waals surface area contributed by atoms with Crippen molar-refractivity contribution in [3.05, 3.63) is 11.6 Å². The predicted molar refractivity (Wildman–Crippen MR) is 108 cm³/mol. The van der Waals surface area contributed by atoms with Crippen molar-refractivity contribution in [2.45, 2.75) is 115 Å². The normalized spacial score (nSPS) is 42.3. The van der Waals surface area contributed by atoms with E-state index in [2.05, 4.69) is 18.3 Å². The zero-order chi connectivity index (χ0) is 17.1. The molecular formula is C24H41N. The molecule has 1 aliphatic heterocycles. The van der Waals surface area contributed by atoms with E-state index in [4.69, 9.17) is 0 Å². The van der Waals surface area contributed by atoms with Crippen LogP contribution in [0.1, 0.15) is 103 Å². The van der Waals surface area contributed by atoms with Crippen LogP contribution >= 0.6 is 0 Å². The number of piperidine rings is 1. The molecule has 3 aliphatic carbocycles. The van der Waals surface area contributed by atoms with Crippen molar-refractivity contribution < 1.29 is 0 Å². The summed E-state index contributed by atoms with van der Waals surface area (Å²) in [5.41, 5.74) is 1.90. The van der Waals surface area contributed by atoms with Gasteiger partial charge in [-0.15, -0.1) is 0 Å². The molecule has 1 N–H and O–H groups in total. The van der Waals surface area contributed by atoms with Gasteiger partial charge in [-0.2, -0.15) is 0 Å². The molecule has 1 heteroatoms. The van der Waals surface area contributed by atoms with Gasteiger partial charge in [0.05, 0.1) is 0 Å². The highest BCUT2D eigenvalue weighted by atomic mass is 15.0. The minimum Gasteiger partial charge on any atom is -0.310 e. The standard InChI is InChI=1S/C24H41N/c1-2-18-12-14-19(15-13-18)16-21-17-24(20-8-4-3-5-9-20)25-23-11-7-6-10-22(21)23/h16,18-20,22-25H,2-15,17H2,1H3/b21-16-. The minimum absolute atomic E-state index is 0.804. The van der Waals surface area contributed by atoms with Crippen LogP contribution in [0.3, 0.4) is 0 Å². The monoisotopic (exact) mass is 343 g/mol. The fourth-order valence-corrected chi connectivity index (χ4v) is 6.61. The summed E-state index contributed by atoms with van der Waals surface area (Å²) in [4.78, 5) is 0. The molecule has 4 rings (SSSR count). The molecule has 0 aromatic heterocycles. The van der Waals surface area contributed by atoms with E-state index in [0.29, 0.717) is 0 Å². The number of fused-ring (bicyclic) bond motifs is 1.